The monoisotopic (exact) mass is 589 g/mol. The molecule has 7 nitrogen and oxygen atoms in total. The van der Waals surface area contributed by atoms with Crippen molar-refractivity contribution < 1.29 is 18.0 Å². The van der Waals surface area contributed by atoms with Crippen molar-refractivity contribution in [1.29, 1.82) is 0 Å². The molecule has 39 heavy (non-hydrogen) atoms. The Hall–Kier alpha value is -3.07. The first-order valence-electron chi connectivity index (χ1n) is 12.7. The van der Waals surface area contributed by atoms with Gasteiger partial charge in [-0.3, -0.25) is 13.9 Å². The van der Waals surface area contributed by atoms with E-state index in [4.69, 9.17) is 23.2 Å². The maximum absolute atomic E-state index is 13.7. The topological polar surface area (TPSA) is 86.8 Å². The molecule has 0 aromatic heterocycles. The zero-order valence-electron chi connectivity index (χ0n) is 22.0. The van der Waals surface area contributed by atoms with Gasteiger partial charge in [-0.05, 0) is 48.7 Å². The largest absolute Gasteiger partial charge is 0.355 e. The summed E-state index contributed by atoms with van der Waals surface area (Å²) in [5, 5.41) is 3.76. The van der Waals surface area contributed by atoms with Crippen LogP contribution in [0.1, 0.15) is 30.9 Å². The molecule has 208 valence electrons. The maximum atomic E-state index is 13.7. The standard InChI is InChI=1S/C29H33Cl2N3O4S/c1-3-32-29(36)27(19-22-11-5-4-6-12-22)33(21-23-13-7-8-16-26(23)31)28(35)17-10-18-34(39(2,37)38)25-15-9-14-24(30)20-25/h4-9,11-16,20,27H,3,10,17-19,21H2,1-2H3,(H,32,36). The second kappa shape index (κ2) is 14.4. The lowest BCUT2D eigenvalue weighted by Gasteiger charge is -2.32. The van der Waals surface area contributed by atoms with E-state index in [1.807, 2.05) is 49.4 Å². The van der Waals surface area contributed by atoms with Crippen LogP contribution in [-0.4, -0.2) is 50.5 Å². The van der Waals surface area contributed by atoms with E-state index in [2.05, 4.69) is 5.32 Å². The number of halogens is 2. The van der Waals surface area contributed by atoms with Crippen molar-refractivity contribution in [2.75, 3.05) is 23.7 Å². The summed E-state index contributed by atoms with van der Waals surface area (Å²) in [5.41, 5.74) is 2.05. The van der Waals surface area contributed by atoms with Gasteiger partial charge in [0.1, 0.15) is 6.04 Å². The normalized spacial score (nSPS) is 12.0. The van der Waals surface area contributed by atoms with Crippen LogP contribution in [0.4, 0.5) is 5.69 Å². The highest BCUT2D eigenvalue weighted by atomic mass is 35.5. The summed E-state index contributed by atoms with van der Waals surface area (Å²) in [7, 11) is -3.62. The highest BCUT2D eigenvalue weighted by Gasteiger charge is 2.30. The van der Waals surface area contributed by atoms with Crippen LogP contribution < -0.4 is 9.62 Å². The van der Waals surface area contributed by atoms with Crippen LogP contribution in [0.3, 0.4) is 0 Å². The Morgan fingerprint density at radius 2 is 1.64 bits per heavy atom. The van der Waals surface area contributed by atoms with Crippen LogP contribution in [0.2, 0.25) is 10.0 Å². The predicted octanol–water partition coefficient (Wildman–Crippen LogP) is 5.32. The molecular formula is C29H33Cl2N3O4S. The zero-order valence-corrected chi connectivity index (χ0v) is 24.3. The molecule has 3 rings (SSSR count). The Bertz CT molecular complexity index is 1370. The van der Waals surface area contributed by atoms with Crippen LogP contribution in [-0.2, 0) is 32.6 Å². The molecule has 0 aliphatic rings. The number of amides is 2. The molecule has 3 aromatic rings. The van der Waals surface area contributed by atoms with E-state index in [1.54, 1.807) is 41.3 Å². The summed E-state index contributed by atoms with van der Waals surface area (Å²) in [6, 6.07) is 22.5. The first-order chi connectivity index (χ1) is 18.6. The Labute approximate surface area is 240 Å². The number of nitrogens with one attached hydrogen (secondary N) is 1. The van der Waals surface area contributed by atoms with Gasteiger partial charge in [0.2, 0.25) is 21.8 Å². The van der Waals surface area contributed by atoms with E-state index in [9.17, 15) is 18.0 Å². The van der Waals surface area contributed by atoms with Crippen molar-refractivity contribution in [1.82, 2.24) is 10.2 Å². The lowest BCUT2D eigenvalue weighted by Crippen LogP contribution is -2.50. The van der Waals surface area contributed by atoms with Gasteiger partial charge in [0.15, 0.2) is 0 Å². The van der Waals surface area contributed by atoms with Crippen LogP contribution in [0.15, 0.2) is 78.9 Å². The molecule has 0 fully saturated rings. The molecule has 0 aliphatic carbocycles. The van der Waals surface area contributed by atoms with E-state index >= 15 is 0 Å². The Balaban J connectivity index is 1.87. The summed E-state index contributed by atoms with van der Waals surface area (Å²) in [5.74, 6) is -0.542. The van der Waals surface area contributed by atoms with Crippen molar-refractivity contribution in [2.24, 2.45) is 0 Å². The minimum absolute atomic E-state index is 0.0295. The van der Waals surface area contributed by atoms with Gasteiger partial charge in [0, 0.05) is 42.5 Å². The second-order valence-corrected chi connectivity index (χ2v) is 11.9. The average Bonchev–Trinajstić information content (AvgIpc) is 2.89. The van der Waals surface area contributed by atoms with Gasteiger partial charge in [-0.1, -0.05) is 77.8 Å². The minimum atomic E-state index is -3.62. The fourth-order valence-electron chi connectivity index (χ4n) is 4.29. The van der Waals surface area contributed by atoms with Gasteiger partial charge >= 0.3 is 0 Å². The number of sulfonamides is 1. The summed E-state index contributed by atoms with van der Waals surface area (Å²) >= 11 is 12.5. The maximum Gasteiger partial charge on any atom is 0.243 e. The summed E-state index contributed by atoms with van der Waals surface area (Å²) in [4.78, 5) is 28.5. The SMILES string of the molecule is CCNC(=O)C(Cc1ccccc1)N(Cc1ccccc1Cl)C(=O)CCCN(c1cccc(Cl)c1)S(C)(=O)=O. The van der Waals surface area contributed by atoms with Gasteiger partial charge in [0.25, 0.3) is 0 Å². The molecule has 0 saturated carbocycles. The third kappa shape index (κ3) is 8.98. The van der Waals surface area contributed by atoms with Crippen LogP contribution in [0.5, 0.6) is 0 Å². The second-order valence-electron chi connectivity index (χ2n) is 9.13. The molecule has 2 amide bonds. The van der Waals surface area contributed by atoms with Gasteiger partial charge < -0.3 is 10.2 Å². The molecule has 1 N–H and O–H groups in total. The van der Waals surface area contributed by atoms with E-state index in [0.717, 1.165) is 11.8 Å². The van der Waals surface area contributed by atoms with Gasteiger partial charge in [-0.15, -0.1) is 0 Å². The first kappa shape index (κ1) is 30.5. The first-order valence-corrected chi connectivity index (χ1v) is 15.3. The molecule has 0 spiro atoms. The number of anilines is 1. The van der Waals surface area contributed by atoms with Crippen molar-refractivity contribution in [3.8, 4) is 0 Å². The smallest absolute Gasteiger partial charge is 0.243 e. The van der Waals surface area contributed by atoms with Gasteiger partial charge in [-0.2, -0.15) is 0 Å². The number of hydrogen-bond acceptors (Lipinski definition) is 4. The number of carbonyl (C=O) groups is 2. The number of nitrogens with zero attached hydrogens (tertiary/aromatic N) is 2. The van der Waals surface area contributed by atoms with E-state index < -0.39 is 16.1 Å². The Morgan fingerprint density at radius 1 is 0.949 bits per heavy atom. The molecule has 0 heterocycles. The number of benzene rings is 3. The van der Waals surface area contributed by atoms with E-state index in [0.29, 0.717) is 34.3 Å². The van der Waals surface area contributed by atoms with Crippen molar-refractivity contribution >= 4 is 50.7 Å². The summed E-state index contributed by atoms with van der Waals surface area (Å²) < 4.78 is 26.3. The van der Waals surface area contributed by atoms with Crippen molar-refractivity contribution in [2.45, 2.75) is 38.8 Å². The average molecular weight is 591 g/mol. The highest BCUT2D eigenvalue weighted by molar-refractivity contribution is 7.92. The van der Waals surface area contributed by atoms with E-state index in [-0.39, 0.29) is 37.7 Å². The molecule has 0 radical (unpaired) electrons. The van der Waals surface area contributed by atoms with Gasteiger partial charge in [-0.25, -0.2) is 8.42 Å². The predicted molar refractivity (Wildman–Crippen MR) is 157 cm³/mol. The molecular weight excluding hydrogens is 557 g/mol. The fraction of sp³-hybridized carbons (Fsp3) is 0.310. The summed E-state index contributed by atoms with van der Waals surface area (Å²) in [6.07, 6.45) is 1.71. The van der Waals surface area contributed by atoms with Crippen LogP contribution >= 0.6 is 23.2 Å². The molecule has 1 unspecified atom stereocenters. The number of likely N-dealkylation sites (N-methyl/N-ethyl adjacent to an activating group) is 1. The minimum Gasteiger partial charge on any atom is -0.355 e. The lowest BCUT2D eigenvalue weighted by atomic mass is 10.0. The number of rotatable bonds is 13. The molecule has 1 atom stereocenters. The molecule has 3 aromatic carbocycles. The summed E-state index contributed by atoms with van der Waals surface area (Å²) in [6.45, 7) is 2.46. The van der Waals surface area contributed by atoms with Crippen molar-refractivity contribution in [3.05, 3.63) is 100 Å². The van der Waals surface area contributed by atoms with Gasteiger partial charge in [0.05, 0.1) is 11.9 Å². The third-order valence-corrected chi connectivity index (χ3v) is 7.97. The Morgan fingerprint density at radius 3 is 2.28 bits per heavy atom. The Kier molecular flexibility index (Phi) is 11.2. The number of carbonyl (C=O) groups excluding carboxylic acids is 2. The van der Waals surface area contributed by atoms with E-state index in [1.165, 1.54) is 4.31 Å². The molecule has 10 heteroatoms. The fourth-order valence-corrected chi connectivity index (χ4v) is 5.63. The van der Waals surface area contributed by atoms with Crippen LogP contribution in [0, 0.1) is 0 Å². The third-order valence-electron chi connectivity index (χ3n) is 6.17. The molecule has 0 saturated heterocycles. The molecule has 0 aliphatic heterocycles. The van der Waals surface area contributed by atoms with Crippen molar-refractivity contribution in [3.63, 3.8) is 0 Å². The molecule has 0 bridgehead atoms. The number of hydrogen-bond donors (Lipinski definition) is 1. The zero-order chi connectivity index (χ0) is 28.4. The van der Waals surface area contributed by atoms with Crippen LogP contribution in [0.25, 0.3) is 0 Å². The lowest BCUT2D eigenvalue weighted by molar-refractivity contribution is -0.141. The quantitative estimate of drug-likeness (QED) is 0.292. The highest BCUT2D eigenvalue weighted by Crippen LogP contribution is 2.24.